The van der Waals surface area contributed by atoms with Crippen LogP contribution >= 0.6 is 0 Å². The van der Waals surface area contributed by atoms with Crippen molar-refractivity contribution in [3.05, 3.63) is 65.1 Å². The molecular weight excluding hydrogens is 268 g/mol. The minimum absolute atomic E-state index is 0.490. The molecule has 0 bridgehead atoms. The maximum Gasteiger partial charge on any atom is 0.0646 e. The van der Waals surface area contributed by atoms with Gasteiger partial charge in [-0.25, -0.2) is 0 Å². The zero-order valence-electron chi connectivity index (χ0n) is 14.2. The lowest BCUT2D eigenvalue weighted by Gasteiger charge is -2.21. The summed E-state index contributed by atoms with van der Waals surface area (Å²) in [6.07, 6.45) is 3.90. The van der Waals surface area contributed by atoms with Crippen LogP contribution in [0.15, 0.2) is 48.3 Å². The van der Waals surface area contributed by atoms with Gasteiger partial charge in [0.2, 0.25) is 0 Å². The average molecular weight is 294 g/mol. The third-order valence-corrected chi connectivity index (χ3v) is 3.75. The van der Waals surface area contributed by atoms with Crippen LogP contribution < -0.4 is 5.32 Å². The average Bonchev–Trinajstić information content (AvgIpc) is 2.47. The number of rotatable bonds is 5. The number of aromatic nitrogens is 1. The van der Waals surface area contributed by atoms with Crippen LogP contribution in [0.2, 0.25) is 0 Å². The molecule has 0 spiro atoms. The number of nitrogens with zero attached hydrogens (tertiary/aromatic N) is 1. The molecule has 0 unspecified atom stereocenters. The summed E-state index contributed by atoms with van der Waals surface area (Å²) in [7, 11) is 0. The Balaban J connectivity index is 2.37. The van der Waals surface area contributed by atoms with E-state index in [4.69, 9.17) is 0 Å². The summed E-state index contributed by atoms with van der Waals surface area (Å²) in [4.78, 5) is 4.36. The van der Waals surface area contributed by atoms with Gasteiger partial charge in [-0.1, -0.05) is 52.0 Å². The summed E-state index contributed by atoms with van der Waals surface area (Å²) in [5, 5.41) is 3.61. The van der Waals surface area contributed by atoms with E-state index in [1.54, 1.807) is 0 Å². The predicted octanol–water partition coefficient (Wildman–Crippen LogP) is 5.80. The van der Waals surface area contributed by atoms with Crippen LogP contribution in [0.5, 0.6) is 0 Å². The summed E-state index contributed by atoms with van der Waals surface area (Å²) in [5.41, 5.74) is 6.05. The highest BCUT2D eigenvalue weighted by Gasteiger charge is 2.13. The summed E-state index contributed by atoms with van der Waals surface area (Å²) in [6, 6.07) is 12.6. The van der Waals surface area contributed by atoms with Gasteiger partial charge in [-0.15, -0.1) is 0 Å². The topological polar surface area (TPSA) is 24.9 Å². The molecule has 1 heterocycles. The standard InChI is InChI=1S/C20H26N2/c1-14(2)18-10-8-11-19(15(3)4)20(18)22-16(5)13-17-9-6-7-12-21-17/h6-15,22H,1-5H3/b16-13-. The maximum absolute atomic E-state index is 4.36. The molecule has 2 rings (SSSR count). The van der Waals surface area contributed by atoms with E-state index in [9.17, 15) is 0 Å². The highest BCUT2D eigenvalue weighted by atomic mass is 14.9. The highest BCUT2D eigenvalue weighted by molar-refractivity contribution is 5.65. The smallest absolute Gasteiger partial charge is 0.0646 e. The van der Waals surface area contributed by atoms with Crippen molar-refractivity contribution >= 4 is 11.8 Å². The van der Waals surface area contributed by atoms with Gasteiger partial charge in [0.05, 0.1) is 5.69 Å². The minimum Gasteiger partial charge on any atom is -0.359 e. The Bertz CT molecular complexity index is 614. The molecule has 0 aliphatic rings. The first kappa shape index (κ1) is 16.3. The lowest BCUT2D eigenvalue weighted by Crippen LogP contribution is -2.06. The molecule has 2 nitrogen and oxygen atoms in total. The summed E-state index contributed by atoms with van der Waals surface area (Å²) < 4.78 is 0. The van der Waals surface area contributed by atoms with Crippen molar-refractivity contribution in [1.82, 2.24) is 4.98 Å². The van der Waals surface area contributed by atoms with Crippen LogP contribution in [-0.4, -0.2) is 4.98 Å². The number of hydrogen-bond acceptors (Lipinski definition) is 2. The van der Waals surface area contributed by atoms with E-state index in [-0.39, 0.29) is 0 Å². The van der Waals surface area contributed by atoms with Gasteiger partial charge in [0.1, 0.15) is 0 Å². The SMILES string of the molecule is C/C(=C/c1ccccn1)Nc1c(C(C)C)cccc1C(C)C. The Hall–Kier alpha value is -2.09. The molecular formula is C20H26N2. The molecule has 0 saturated carbocycles. The van der Waals surface area contributed by atoms with Crippen molar-refractivity contribution in [3.8, 4) is 0 Å². The Morgan fingerprint density at radius 1 is 0.955 bits per heavy atom. The number of hydrogen-bond donors (Lipinski definition) is 1. The van der Waals surface area contributed by atoms with E-state index in [0.29, 0.717) is 11.8 Å². The van der Waals surface area contributed by atoms with Crippen molar-refractivity contribution in [3.63, 3.8) is 0 Å². The molecule has 0 radical (unpaired) electrons. The summed E-state index contributed by atoms with van der Waals surface area (Å²) >= 11 is 0. The monoisotopic (exact) mass is 294 g/mol. The molecule has 2 heteroatoms. The largest absolute Gasteiger partial charge is 0.359 e. The quantitative estimate of drug-likeness (QED) is 0.753. The number of allylic oxidation sites excluding steroid dienone is 1. The fourth-order valence-corrected chi connectivity index (χ4v) is 2.61. The Morgan fingerprint density at radius 3 is 2.09 bits per heavy atom. The molecule has 0 fully saturated rings. The second-order valence-electron chi connectivity index (χ2n) is 6.33. The molecule has 0 atom stereocenters. The minimum atomic E-state index is 0.490. The normalized spacial score (nSPS) is 12.0. The van der Waals surface area contributed by atoms with Gasteiger partial charge in [-0.2, -0.15) is 0 Å². The molecule has 0 amide bonds. The number of pyridine rings is 1. The van der Waals surface area contributed by atoms with Gasteiger partial charge in [0.15, 0.2) is 0 Å². The zero-order chi connectivity index (χ0) is 16.1. The lowest BCUT2D eigenvalue weighted by molar-refractivity contribution is 0.837. The predicted molar refractivity (Wildman–Crippen MR) is 96.1 cm³/mol. The summed E-state index contributed by atoms with van der Waals surface area (Å²) in [6.45, 7) is 11.0. The van der Waals surface area contributed by atoms with E-state index in [0.717, 1.165) is 11.4 Å². The molecule has 0 saturated heterocycles. The Labute approximate surface area is 134 Å². The van der Waals surface area contributed by atoms with Gasteiger partial charge in [0, 0.05) is 17.6 Å². The Morgan fingerprint density at radius 2 is 1.59 bits per heavy atom. The van der Waals surface area contributed by atoms with Crippen molar-refractivity contribution < 1.29 is 0 Å². The van der Waals surface area contributed by atoms with E-state index >= 15 is 0 Å². The van der Waals surface area contributed by atoms with Crippen LogP contribution in [0.25, 0.3) is 6.08 Å². The van der Waals surface area contributed by atoms with Crippen LogP contribution in [0, 0.1) is 0 Å². The lowest BCUT2D eigenvalue weighted by atomic mass is 9.92. The van der Waals surface area contributed by atoms with Crippen LogP contribution in [0.1, 0.15) is 63.3 Å². The first-order chi connectivity index (χ1) is 10.5. The van der Waals surface area contributed by atoms with E-state index in [1.165, 1.54) is 16.8 Å². The summed E-state index contributed by atoms with van der Waals surface area (Å²) in [5.74, 6) is 0.979. The number of nitrogens with one attached hydrogen (secondary N) is 1. The Kier molecular flexibility index (Phi) is 5.37. The molecule has 0 aliphatic carbocycles. The molecule has 1 aromatic carbocycles. The van der Waals surface area contributed by atoms with Crippen molar-refractivity contribution in [1.29, 1.82) is 0 Å². The fourth-order valence-electron chi connectivity index (χ4n) is 2.61. The van der Waals surface area contributed by atoms with Gasteiger partial charge < -0.3 is 5.32 Å². The van der Waals surface area contributed by atoms with E-state index in [1.807, 2.05) is 24.4 Å². The number of anilines is 1. The highest BCUT2D eigenvalue weighted by Crippen LogP contribution is 2.33. The van der Waals surface area contributed by atoms with Crippen molar-refractivity contribution in [2.75, 3.05) is 5.32 Å². The molecule has 0 aliphatic heterocycles. The molecule has 116 valence electrons. The molecule has 1 aromatic heterocycles. The number of para-hydroxylation sites is 1. The second kappa shape index (κ2) is 7.26. The van der Waals surface area contributed by atoms with Gasteiger partial charge >= 0.3 is 0 Å². The molecule has 1 N–H and O–H groups in total. The van der Waals surface area contributed by atoms with Crippen LogP contribution in [0.3, 0.4) is 0 Å². The van der Waals surface area contributed by atoms with Crippen molar-refractivity contribution in [2.24, 2.45) is 0 Å². The third kappa shape index (κ3) is 3.97. The van der Waals surface area contributed by atoms with Crippen molar-refractivity contribution in [2.45, 2.75) is 46.5 Å². The number of benzene rings is 1. The van der Waals surface area contributed by atoms with E-state index < -0.39 is 0 Å². The molecule has 22 heavy (non-hydrogen) atoms. The fraction of sp³-hybridized carbons (Fsp3) is 0.350. The molecule has 2 aromatic rings. The first-order valence-corrected chi connectivity index (χ1v) is 7.98. The first-order valence-electron chi connectivity index (χ1n) is 7.98. The maximum atomic E-state index is 4.36. The zero-order valence-corrected chi connectivity index (χ0v) is 14.2. The van der Waals surface area contributed by atoms with Gasteiger partial charge in [-0.3, -0.25) is 4.98 Å². The van der Waals surface area contributed by atoms with Crippen LogP contribution in [0.4, 0.5) is 5.69 Å². The second-order valence-corrected chi connectivity index (χ2v) is 6.33. The van der Waals surface area contributed by atoms with E-state index in [2.05, 4.69) is 69.2 Å². The van der Waals surface area contributed by atoms with Crippen LogP contribution in [-0.2, 0) is 0 Å². The van der Waals surface area contributed by atoms with Gasteiger partial charge in [0.25, 0.3) is 0 Å². The third-order valence-electron chi connectivity index (χ3n) is 3.75. The van der Waals surface area contributed by atoms with Gasteiger partial charge in [-0.05, 0) is 48.1 Å².